The van der Waals surface area contributed by atoms with E-state index in [0.29, 0.717) is 6.04 Å². The molecule has 3 rings (SSSR count). The monoisotopic (exact) mass is 332 g/mol. The molecule has 124 valence electrons. The van der Waals surface area contributed by atoms with Crippen molar-refractivity contribution in [3.63, 3.8) is 0 Å². The number of carbonyl (C=O) groups excluding carboxylic acids is 1. The van der Waals surface area contributed by atoms with Crippen LogP contribution in [0.3, 0.4) is 0 Å². The van der Waals surface area contributed by atoms with Crippen molar-refractivity contribution in [3.8, 4) is 6.07 Å². The second kappa shape index (κ2) is 6.56. The summed E-state index contributed by atoms with van der Waals surface area (Å²) in [7, 11) is 1.79. The Balaban J connectivity index is 1.68. The molecule has 0 bridgehead atoms. The maximum absolute atomic E-state index is 12.8. The van der Waals surface area contributed by atoms with E-state index in [1.54, 1.807) is 18.1 Å². The SMILES string of the molecule is C[C@@H](Sc1nccn1C1CC1)C(=O)N(C)C1(C#N)CCCCC1. The molecule has 6 heteroatoms. The number of imidazole rings is 1. The number of nitrogens with zero attached hydrogens (tertiary/aromatic N) is 4. The van der Waals surface area contributed by atoms with E-state index in [0.717, 1.165) is 37.3 Å². The molecule has 2 saturated carbocycles. The summed E-state index contributed by atoms with van der Waals surface area (Å²) < 4.78 is 2.18. The topological polar surface area (TPSA) is 61.9 Å². The predicted octanol–water partition coefficient (Wildman–Crippen LogP) is 3.38. The van der Waals surface area contributed by atoms with Gasteiger partial charge in [-0.3, -0.25) is 4.79 Å². The molecule has 2 aliphatic carbocycles. The molecule has 1 aromatic rings. The van der Waals surface area contributed by atoms with Crippen LogP contribution in [-0.2, 0) is 4.79 Å². The van der Waals surface area contributed by atoms with Crippen molar-refractivity contribution < 1.29 is 4.79 Å². The van der Waals surface area contributed by atoms with Crippen LogP contribution < -0.4 is 0 Å². The lowest BCUT2D eigenvalue weighted by molar-refractivity contribution is -0.133. The third-order valence-corrected chi connectivity index (χ3v) is 6.15. The van der Waals surface area contributed by atoms with E-state index < -0.39 is 5.54 Å². The van der Waals surface area contributed by atoms with Crippen molar-refractivity contribution in [2.45, 2.75) is 73.9 Å². The van der Waals surface area contributed by atoms with Crippen molar-refractivity contribution in [3.05, 3.63) is 12.4 Å². The standard InChI is InChI=1S/C17H24N4OS/c1-13(23-16-19-10-11-21(16)14-6-7-14)15(22)20(2)17(12-18)8-4-3-5-9-17/h10-11,13-14H,3-9H2,1-2H3/t13-/m1/s1. The van der Waals surface area contributed by atoms with E-state index in [4.69, 9.17) is 0 Å². The van der Waals surface area contributed by atoms with Crippen molar-refractivity contribution in [1.29, 1.82) is 5.26 Å². The number of thioether (sulfide) groups is 1. The summed E-state index contributed by atoms with van der Waals surface area (Å²) in [5.74, 6) is 0.0313. The average Bonchev–Trinajstić information content (AvgIpc) is 3.33. The minimum atomic E-state index is -0.615. The normalized spacial score (nSPS) is 21.4. The van der Waals surface area contributed by atoms with Gasteiger partial charge in [0.25, 0.3) is 0 Å². The first kappa shape index (κ1) is 16.4. The van der Waals surface area contributed by atoms with E-state index in [-0.39, 0.29) is 11.2 Å². The fourth-order valence-corrected chi connectivity index (χ4v) is 4.40. The largest absolute Gasteiger partial charge is 0.326 e. The zero-order valence-corrected chi connectivity index (χ0v) is 14.7. The molecule has 5 nitrogen and oxygen atoms in total. The molecular weight excluding hydrogens is 308 g/mol. The quantitative estimate of drug-likeness (QED) is 0.776. The number of nitriles is 1. The molecule has 1 heterocycles. The second-order valence-corrected chi connectivity index (χ2v) is 8.02. The Morgan fingerprint density at radius 2 is 2.17 bits per heavy atom. The fourth-order valence-electron chi connectivity index (χ4n) is 3.37. The first-order chi connectivity index (χ1) is 11.1. The van der Waals surface area contributed by atoms with Crippen LogP contribution in [-0.4, -0.2) is 38.2 Å². The second-order valence-electron chi connectivity index (χ2n) is 6.71. The molecule has 0 aliphatic heterocycles. The van der Waals surface area contributed by atoms with Gasteiger partial charge in [-0.1, -0.05) is 31.0 Å². The Labute approximate surface area is 142 Å². The number of aromatic nitrogens is 2. The molecule has 23 heavy (non-hydrogen) atoms. The van der Waals surface area contributed by atoms with Crippen molar-refractivity contribution >= 4 is 17.7 Å². The highest BCUT2D eigenvalue weighted by atomic mass is 32.2. The van der Waals surface area contributed by atoms with Crippen LogP contribution in [0.25, 0.3) is 0 Å². The minimum Gasteiger partial charge on any atom is -0.326 e. The zero-order chi connectivity index (χ0) is 16.4. The number of amides is 1. The Hall–Kier alpha value is -1.48. The summed E-state index contributed by atoms with van der Waals surface area (Å²) >= 11 is 1.51. The van der Waals surface area contributed by atoms with E-state index in [9.17, 15) is 10.1 Å². The molecule has 0 aromatic carbocycles. The summed E-state index contributed by atoms with van der Waals surface area (Å²) in [4.78, 5) is 18.9. The highest BCUT2D eigenvalue weighted by Crippen LogP contribution is 2.39. The fraction of sp³-hybridized carbons (Fsp3) is 0.706. The smallest absolute Gasteiger partial charge is 0.236 e. The van der Waals surface area contributed by atoms with Crippen LogP contribution >= 0.6 is 11.8 Å². The van der Waals surface area contributed by atoms with Gasteiger partial charge in [-0.05, 0) is 32.6 Å². The van der Waals surface area contributed by atoms with Crippen LogP contribution in [0, 0.1) is 11.3 Å². The number of hydrogen-bond acceptors (Lipinski definition) is 4. The lowest BCUT2D eigenvalue weighted by atomic mass is 9.81. The van der Waals surface area contributed by atoms with Crippen LogP contribution in [0.2, 0.25) is 0 Å². The molecule has 1 atom stereocenters. The Bertz CT molecular complexity index is 610. The first-order valence-electron chi connectivity index (χ1n) is 8.46. The number of hydrogen-bond donors (Lipinski definition) is 0. The van der Waals surface area contributed by atoms with E-state index in [2.05, 4.69) is 15.6 Å². The van der Waals surface area contributed by atoms with E-state index in [1.807, 2.05) is 13.1 Å². The van der Waals surface area contributed by atoms with Crippen molar-refractivity contribution in [1.82, 2.24) is 14.5 Å². The summed E-state index contributed by atoms with van der Waals surface area (Å²) in [6.07, 6.45) is 11.0. The predicted molar refractivity (Wildman–Crippen MR) is 90.0 cm³/mol. The van der Waals surface area contributed by atoms with Gasteiger partial charge in [-0.2, -0.15) is 5.26 Å². The minimum absolute atomic E-state index is 0.0313. The molecular formula is C17H24N4OS. The number of carbonyl (C=O) groups is 1. The molecule has 0 spiro atoms. The van der Waals surface area contributed by atoms with Gasteiger partial charge in [0, 0.05) is 25.5 Å². The van der Waals surface area contributed by atoms with Crippen LogP contribution in [0.4, 0.5) is 0 Å². The van der Waals surface area contributed by atoms with Gasteiger partial charge in [0.2, 0.25) is 5.91 Å². The van der Waals surface area contributed by atoms with Crippen LogP contribution in [0.5, 0.6) is 0 Å². The zero-order valence-electron chi connectivity index (χ0n) is 13.9. The highest BCUT2D eigenvalue weighted by molar-refractivity contribution is 8.00. The Morgan fingerprint density at radius 1 is 1.48 bits per heavy atom. The Morgan fingerprint density at radius 3 is 2.78 bits per heavy atom. The lowest BCUT2D eigenvalue weighted by Crippen LogP contribution is -2.52. The number of rotatable bonds is 5. The third-order valence-electron chi connectivity index (χ3n) is 5.06. The maximum atomic E-state index is 12.8. The van der Waals surface area contributed by atoms with Gasteiger partial charge in [0.15, 0.2) is 5.16 Å². The first-order valence-corrected chi connectivity index (χ1v) is 9.34. The molecule has 1 amide bonds. The van der Waals surface area contributed by atoms with Gasteiger partial charge < -0.3 is 9.47 Å². The summed E-state index contributed by atoms with van der Waals surface area (Å²) in [5.41, 5.74) is -0.615. The summed E-state index contributed by atoms with van der Waals surface area (Å²) in [6.45, 7) is 1.92. The van der Waals surface area contributed by atoms with Crippen molar-refractivity contribution in [2.24, 2.45) is 0 Å². The van der Waals surface area contributed by atoms with E-state index in [1.165, 1.54) is 24.6 Å². The van der Waals surface area contributed by atoms with Gasteiger partial charge in [-0.25, -0.2) is 4.98 Å². The third kappa shape index (κ3) is 3.25. The molecule has 2 fully saturated rings. The molecule has 0 radical (unpaired) electrons. The molecule has 0 N–H and O–H groups in total. The molecule has 2 aliphatic rings. The molecule has 0 saturated heterocycles. The van der Waals surface area contributed by atoms with Crippen molar-refractivity contribution in [2.75, 3.05) is 7.05 Å². The molecule has 0 unspecified atom stereocenters. The Kier molecular flexibility index (Phi) is 4.67. The summed E-state index contributed by atoms with van der Waals surface area (Å²) in [5, 5.41) is 10.3. The maximum Gasteiger partial charge on any atom is 0.236 e. The highest BCUT2D eigenvalue weighted by Gasteiger charge is 2.40. The van der Waals surface area contributed by atoms with Crippen LogP contribution in [0.15, 0.2) is 17.6 Å². The molecule has 1 aromatic heterocycles. The van der Waals surface area contributed by atoms with Crippen LogP contribution in [0.1, 0.15) is 57.9 Å². The lowest BCUT2D eigenvalue weighted by Gasteiger charge is -2.40. The van der Waals surface area contributed by atoms with Gasteiger partial charge >= 0.3 is 0 Å². The van der Waals surface area contributed by atoms with E-state index >= 15 is 0 Å². The average molecular weight is 332 g/mol. The van der Waals surface area contributed by atoms with Gasteiger partial charge in [0.1, 0.15) is 5.54 Å². The van der Waals surface area contributed by atoms with Gasteiger partial charge in [0.05, 0.1) is 11.3 Å². The van der Waals surface area contributed by atoms with Gasteiger partial charge in [-0.15, -0.1) is 0 Å². The summed E-state index contributed by atoms with van der Waals surface area (Å²) in [6, 6.07) is 2.99.